The molecule has 0 radical (unpaired) electrons. The van der Waals surface area contributed by atoms with Gasteiger partial charge < -0.3 is 11.1 Å². The summed E-state index contributed by atoms with van der Waals surface area (Å²) in [5.41, 5.74) is 7.20. The summed E-state index contributed by atoms with van der Waals surface area (Å²) in [6.45, 7) is 7.42. The van der Waals surface area contributed by atoms with Crippen LogP contribution >= 0.6 is 0 Å². The molecule has 0 saturated carbocycles. The van der Waals surface area contributed by atoms with E-state index in [0.29, 0.717) is 24.5 Å². The Kier molecular flexibility index (Phi) is 6.23. The molecular formula is C15H26N2. The smallest absolute Gasteiger partial charge is 0.0294 e. The molecule has 0 spiro atoms. The van der Waals surface area contributed by atoms with E-state index < -0.39 is 0 Å². The van der Waals surface area contributed by atoms with Gasteiger partial charge in [0.1, 0.15) is 0 Å². The van der Waals surface area contributed by atoms with Gasteiger partial charge in [0.05, 0.1) is 0 Å². The van der Waals surface area contributed by atoms with Crippen molar-refractivity contribution in [1.29, 1.82) is 0 Å². The van der Waals surface area contributed by atoms with Gasteiger partial charge in [0.2, 0.25) is 0 Å². The lowest BCUT2D eigenvalue weighted by atomic mass is 9.95. The molecule has 0 aliphatic heterocycles. The average Bonchev–Trinajstić information content (AvgIpc) is 2.37. The summed E-state index contributed by atoms with van der Waals surface area (Å²) in [7, 11) is 0. The summed E-state index contributed by atoms with van der Waals surface area (Å²) in [4.78, 5) is 0. The fraction of sp³-hybridized carbons (Fsp3) is 0.600. The first kappa shape index (κ1) is 14.2. The van der Waals surface area contributed by atoms with Gasteiger partial charge in [-0.05, 0) is 24.8 Å². The summed E-state index contributed by atoms with van der Waals surface area (Å²) in [6.07, 6.45) is 2.45. The van der Waals surface area contributed by atoms with Gasteiger partial charge in [-0.25, -0.2) is 0 Å². The van der Waals surface area contributed by atoms with Crippen LogP contribution in [0.25, 0.3) is 0 Å². The molecule has 1 aromatic rings. The second-order valence-corrected chi connectivity index (χ2v) is 4.91. The maximum Gasteiger partial charge on any atom is 0.0294 e. The van der Waals surface area contributed by atoms with Crippen LogP contribution in [-0.2, 0) is 0 Å². The molecule has 0 fully saturated rings. The molecule has 0 saturated heterocycles. The third kappa shape index (κ3) is 4.49. The molecular weight excluding hydrogens is 208 g/mol. The minimum absolute atomic E-state index is 0.365. The molecule has 0 bridgehead atoms. The van der Waals surface area contributed by atoms with Crippen molar-refractivity contribution in [2.24, 2.45) is 11.7 Å². The molecule has 0 aliphatic carbocycles. The van der Waals surface area contributed by atoms with Gasteiger partial charge in [-0.15, -0.1) is 0 Å². The van der Waals surface area contributed by atoms with Gasteiger partial charge >= 0.3 is 0 Å². The first-order valence-corrected chi connectivity index (χ1v) is 6.70. The molecule has 1 aromatic carbocycles. The standard InChI is InChI=1S/C15H26N2/c1-4-8-12(2)15(11-16)17-13(3)14-9-6-5-7-10-14/h5-7,9-10,12-13,15,17H,4,8,11,16H2,1-3H3. The highest BCUT2D eigenvalue weighted by Crippen LogP contribution is 2.16. The Morgan fingerprint density at radius 3 is 2.35 bits per heavy atom. The lowest BCUT2D eigenvalue weighted by Gasteiger charge is -2.27. The second-order valence-electron chi connectivity index (χ2n) is 4.91. The Labute approximate surface area is 106 Å². The third-order valence-corrected chi connectivity index (χ3v) is 3.45. The number of nitrogens with one attached hydrogen (secondary N) is 1. The number of nitrogens with two attached hydrogens (primary N) is 1. The molecule has 96 valence electrons. The van der Waals surface area contributed by atoms with Gasteiger partial charge in [0, 0.05) is 18.6 Å². The fourth-order valence-electron chi connectivity index (χ4n) is 2.28. The van der Waals surface area contributed by atoms with Gasteiger partial charge in [-0.3, -0.25) is 0 Å². The van der Waals surface area contributed by atoms with Gasteiger partial charge in [-0.2, -0.15) is 0 Å². The summed E-state index contributed by atoms with van der Waals surface area (Å²) < 4.78 is 0. The number of hydrogen-bond donors (Lipinski definition) is 2. The zero-order valence-corrected chi connectivity index (χ0v) is 11.3. The Bertz CT molecular complexity index is 297. The quantitative estimate of drug-likeness (QED) is 0.761. The van der Waals surface area contributed by atoms with E-state index >= 15 is 0 Å². The second kappa shape index (κ2) is 7.46. The van der Waals surface area contributed by atoms with Gasteiger partial charge in [-0.1, -0.05) is 50.6 Å². The monoisotopic (exact) mass is 234 g/mol. The molecule has 2 nitrogen and oxygen atoms in total. The minimum atomic E-state index is 0.365. The van der Waals surface area contributed by atoms with Crippen molar-refractivity contribution in [3.63, 3.8) is 0 Å². The first-order valence-electron chi connectivity index (χ1n) is 6.70. The molecule has 0 aliphatic rings. The highest BCUT2D eigenvalue weighted by Gasteiger charge is 2.17. The predicted molar refractivity (Wildman–Crippen MR) is 74.9 cm³/mol. The first-order chi connectivity index (χ1) is 8.19. The van der Waals surface area contributed by atoms with Crippen LogP contribution in [0.3, 0.4) is 0 Å². The van der Waals surface area contributed by atoms with Crippen molar-refractivity contribution in [2.45, 2.75) is 45.7 Å². The SMILES string of the molecule is CCCC(C)C(CN)NC(C)c1ccccc1. The van der Waals surface area contributed by atoms with E-state index in [2.05, 4.69) is 56.4 Å². The number of rotatable bonds is 7. The van der Waals surface area contributed by atoms with Crippen LogP contribution in [0, 0.1) is 5.92 Å². The Morgan fingerprint density at radius 2 is 1.82 bits per heavy atom. The van der Waals surface area contributed by atoms with E-state index in [4.69, 9.17) is 5.73 Å². The van der Waals surface area contributed by atoms with Crippen molar-refractivity contribution in [2.75, 3.05) is 6.54 Å². The number of benzene rings is 1. The van der Waals surface area contributed by atoms with E-state index in [1.165, 1.54) is 18.4 Å². The summed E-state index contributed by atoms with van der Waals surface area (Å²) in [6, 6.07) is 11.3. The average molecular weight is 234 g/mol. The minimum Gasteiger partial charge on any atom is -0.329 e. The van der Waals surface area contributed by atoms with E-state index in [-0.39, 0.29) is 0 Å². The Morgan fingerprint density at radius 1 is 1.18 bits per heavy atom. The van der Waals surface area contributed by atoms with Crippen LogP contribution in [0.15, 0.2) is 30.3 Å². The van der Waals surface area contributed by atoms with Gasteiger partial charge in [0.15, 0.2) is 0 Å². The topological polar surface area (TPSA) is 38.0 Å². The van der Waals surface area contributed by atoms with Crippen molar-refractivity contribution >= 4 is 0 Å². The number of hydrogen-bond acceptors (Lipinski definition) is 2. The lowest BCUT2D eigenvalue weighted by Crippen LogP contribution is -2.42. The van der Waals surface area contributed by atoms with E-state index in [0.717, 1.165) is 0 Å². The van der Waals surface area contributed by atoms with Crippen molar-refractivity contribution in [1.82, 2.24) is 5.32 Å². The van der Waals surface area contributed by atoms with Crippen LogP contribution in [-0.4, -0.2) is 12.6 Å². The van der Waals surface area contributed by atoms with Crippen molar-refractivity contribution < 1.29 is 0 Å². The molecule has 17 heavy (non-hydrogen) atoms. The molecule has 3 N–H and O–H groups in total. The van der Waals surface area contributed by atoms with Crippen LogP contribution in [0.4, 0.5) is 0 Å². The maximum absolute atomic E-state index is 5.87. The molecule has 0 amide bonds. The van der Waals surface area contributed by atoms with E-state index in [1.54, 1.807) is 0 Å². The summed E-state index contributed by atoms with van der Waals surface area (Å²) in [5.74, 6) is 0.635. The maximum atomic E-state index is 5.87. The Balaban J connectivity index is 2.56. The van der Waals surface area contributed by atoms with E-state index in [1.807, 2.05) is 0 Å². The molecule has 0 aromatic heterocycles. The molecule has 0 heterocycles. The van der Waals surface area contributed by atoms with Crippen LogP contribution in [0.1, 0.15) is 45.2 Å². The van der Waals surface area contributed by atoms with Crippen LogP contribution in [0.5, 0.6) is 0 Å². The lowest BCUT2D eigenvalue weighted by molar-refractivity contribution is 0.334. The predicted octanol–water partition coefficient (Wildman–Crippen LogP) is 3.10. The van der Waals surface area contributed by atoms with Crippen molar-refractivity contribution in [3.05, 3.63) is 35.9 Å². The zero-order valence-electron chi connectivity index (χ0n) is 11.3. The van der Waals surface area contributed by atoms with E-state index in [9.17, 15) is 0 Å². The van der Waals surface area contributed by atoms with Crippen molar-refractivity contribution in [3.8, 4) is 0 Å². The third-order valence-electron chi connectivity index (χ3n) is 3.45. The highest BCUT2D eigenvalue weighted by atomic mass is 15.0. The Hall–Kier alpha value is -0.860. The van der Waals surface area contributed by atoms with Crippen LogP contribution in [0.2, 0.25) is 0 Å². The fourth-order valence-corrected chi connectivity index (χ4v) is 2.28. The van der Waals surface area contributed by atoms with Crippen LogP contribution < -0.4 is 11.1 Å². The summed E-state index contributed by atoms with van der Waals surface area (Å²) in [5, 5.41) is 3.64. The largest absolute Gasteiger partial charge is 0.329 e. The normalized spacial score (nSPS) is 16.5. The zero-order chi connectivity index (χ0) is 12.7. The molecule has 3 atom stereocenters. The molecule has 3 unspecified atom stereocenters. The molecule has 1 rings (SSSR count). The molecule has 2 heteroatoms. The van der Waals surface area contributed by atoms with Gasteiger partial charge in [0.25, 0.3) is 0 Å². The summed E-state index contributed by atoms with van der Waals surface area (Å²) >= 11 is 0. The highest BCUT2D eigenvalue weighted by molar-refractivity contribution is 5.18.